The van der Waals surface area contributed by atoms with Crippen molar-refractivity contribution in [1.29, 1.82) is 0 Å². The SMILES string of the molecule is Cc1cc2c(cc1Nc1ccc(C(C)(C)C)cc1)C(C)(C)CC2(C)C. The van der Waals surface area contributed by atoms with E-state index in [9.17, 15) is 0 Å². The van der Waals surface area contributed by atoms with E-state index < -0.39 is 0 Å². The van der Waals surface area contributed by atoms with Gasteiger partial charge in [-0.25, -0.2) is 0 Å². The van der Waals surface area contributed by atoms with Crippen LogP contribution in [0.3, 0.4) is 0 Å². The molecule has 3 rings (SSSR count). The molecule has 0 spiro atoms. The van der Waals surface area contributed by atoms with Crippen LogP contribution in [0.5, 0.6) is 0 Å². The second-order valence-electron chi connectivity index (χ2n) is 10.1. The van der Waals surface area contributed by atoms with Gasteiger partial charge < -0.3 is 5.32 Å². The molecule has 0 unspecified atom stereocenters. The van der Waals surface area contributed by atoms with Crippen LogP contribution >= 0.6 is 0 Å². The van der Waals surface area contributed by atoms with Gasteiger partial charge in [0.1, 0.15) is 0 Å². The lowest BCUT2D eigenvalue weighted by atomic mass is 9.82. The van der Waals surface area contributed by atoms with Crippen LogP contribution in [0, 0.1) is 6.92 Å². The maximum absolute atomic E-state index is 3.65. The Morgan fingerprint density at radius 3 is 1.88 bits per heavy atom. The van der Waals surface area contributed by atoms with Crippen molar-refractivity contribution in [2.45, 2.75) is 78.1 Å². The Morgan fingerprint density at radius 1 is 0.840 bits per heavy atom. The van der Waals surface area contributed by atoms with Crippen molar-refractivity contribution in [2.24, 2.45) is 0 Å². The molecule has 134 valence electrons. The Labute approximate surface area is 153 Å². The Balaban J connectivity index is 1.95. The molecule has 25 heavy (non-hydrogen) atoms. The molecule has 1 heteroatoms. The van der Waals surface area contributed by atoms with Gasteiger partial charge in [-0.2, -0.15) is 0 Å². The molecule has 2 aromatic carbocycles. The lowest BCUT2D eigenvalue weighted by molar-refractivity contribution is 0.403. The summed E-state index contributed by atoms with van der Waals surface area (Å²) in [5, 5.41) is 3.65. The molecule has 1 nitrogen and oxygen atoms in total. The number of rotatable bonds is 2. The number of anilines is 2. The van der Waals surface area contributed by atoms with Crippen LogP contribution in [-0.2, 0) is 16.2 Å². The zero-order valence-corrected chi connectivity index (χ0v) is 17.2. The maximum Gasteiger partial charge on any atom is 0.0417 e. The summed E-state index contributed by atoms with van der Waals surface area (Å²) < 4.78 is 0. The predicted molar refractivity (Wildman–Crippen MR) is 110 cm³/mol. The summed E-state index contributed by atoms with van der Waals surface area (Å²) in [7, 11) is 0. The first-order valence-electron chi connectivity index (χ1n) is 9.43. The number of benzene rings is 2. The summed E-state index contributed by atoms with van der Waals surface area (Å²) in [6, 6.07) is 13.6. The van der Waals surface area contributed by atoms with Crippen LogP contribution in [0.2, 0.25) is 0 Å². The first-order valence-corrected chi connectivity index (χ1v) is 9.43. The molecule has 0 saturated heterocycles. The lowest BCUT2D eigenvalue weighted by Crippen LogP contribution is -2.18. The van der Waals surface area contributed by atoms with Gasteiger partial charge in [-0.1, -0.05) is 66.7 Å². The fraction of sp³-hybridized carbons (Fsp3) is 0.500. The van der Waals surface area contributed by atoms with E-state index in [1.165, 1.54) is 34.4 Å². The summed E-state index contributed by atoms with van der Waals surface area (Å²) >= 11 is 0. The van der Waals surface area contributed by atoms with Crippen LogP contribution in [0.15, 0.2) is 36.4 Å². The minimum Gasteiger partial charge on any atom is -0.355 e. The van der Waals surface area contributed by atoms with Crippen LogP contribution in [0.1, 0.15) is 77.1 Å². The van der Waals surface area contributed by atoms with E-state index in [-0.39, 0.29) is 16.2 Å². The number of hydrogen-bond donors (Lipinski definition) is 1. The molecule has 0 atom stereocenters. The molecule has 0 heterocycles. The van der Waals surface area contributed by atoms with E-state index in [0.29, 0.717) is 0 Å². The molecule has 0 aromatic heterocycles. The average molecular weight is 336 g/mol. The summed E-state index contributed by atoms with van der Waals surface area (Å²) in [6.45, 7) is 18.5. The van der Waals surface area contributed by atoms with Gasteiger partial charge in [0, 0.05) is 11.4 Å². The number of hydrogen-bond acceptors (Lipinski definition) is 1. The summed E-state index contributed by atoms with van der Waals surface area (Å²) in [4.78, 5) is 0. The Morgan fingerprint density at radius 2 is 1.36 bits per heavy atom. The third-order valence-electron chi connectivity index (χ3n) is 5.74. The van der Waals surface area contributed by atoms with Crippen molar-refractivity contribution < 1.29 is 0 Å². The van der Waals surface area contributed by atoms with Gasteiger partial charge in [0.05, 0.1) is 0 Å². The van der Waals surface area contributed by atoms with Gasteiger partial charge in [-0.3, -0.25) is 0 Å². The number of aryl methyl sites for hydroxylation is 1. The number of fused-ring (bicyclic) bond motifs is 1. The second kappa shape index (κ2) is 5.62. The highest BCUT2D eigenvalue weighted by Crippen LogP contribution is 2.50. The highest BCUT2D eigenvalue weighted by Gasteiger charge is 2.42. The van der Waals surface area contributed by atoms with Gasteiger partial charge in [-0.15, -0.1) is 0 Å². The molecule has 1 N–H and O–H groups in total. The van der Waals surface area contributed by atoms with Gasteiger partial charge in [0.2, 0.25) is 0 Å². The molecule has 0 saturated carbocycles. The van der Waals surface area contributed by atoms with E-state index in [1.807, 2.05) is 0 Å². The molecule has 0 radical (unpaired) electrons. The molecular formula is C24H33N. The fourth-order valence-corrected chi connectivity index (χ4v) is 4.47. The maximum atomic E-state index is 3.65. The topological polar surface area (TPSA) is 12.0 Å². The standard InChI is InChI=1S/C24H33N/c1-16-13-19-20(24(7,8)15-23(19,5)6)14-21(16)25-18-11-9-17(10-12-18)22(2,3)4/h9-14,25H,15H2,1-8H3. The summed E-state index contributed by atoms with van der Waals surface area (Å²) in [5.74, 6) is 0. The van der Waals surface area contributed by atoms with E-state index in [0.717, 1.165) is 5.69 Å². The minimum absolute atomic E-state index is 0.192. The molecule has 2 aromatic rings. The van der Waals surface area contributed by atoms with Crippen molar-refractivity contribution in [2.75, 3.05) is 5.32 Å². The largest absolute Gasteiger partial charge is 0.355 e. The van der Waals surface area contributed by atoms with Crippen molar-refractivity contribution in [1.82, 2.24) is 0 Å². The van der Waals surface area contributed by atoms with Crippen LogP contribution in [-0.4, -0.2) is 0 Å². The highest BCUT2D eigenvalue weighted by atomic mass is 14.9. The fourth-order valence-electron chi connectivity index (χ4n) is 4.47. The molecule has 1 aliphatic rings. The van der Waals surface area contributed by atoms with Gasteiger partial charge >= 0.3 is 0 Å². The average Bonchev–Trinajstić information content (AvgIpc) is 2.64. The first kappa shape index (κ1) is 18.0. The van der Waals surface area contributed by atoms with Crippen LogP contribution in [0.25, 0.3) is 0 Å². The second-order valence-corrected chi connectivity index (χ2v) is 10.1. The summed E-state index contributed by atoms with van der Waals surface area (Å²) in [6.07, 6.45) is 1.21. The normalized spacial score (nSPS) is 18.1. The van der Waals surface area contributed by atoms with E-state index >= 15 is 0 Å². The zero-order chi connectivity index (χ0) is 18.6. The van der Waals surface area contributed by atoms with Crippen molar-refractivity contribution in [3.8, 4) is 0 Å². The molecule has 0 bridgehead atoms. The monoisotopic (exact) mass is 335 g/mol. The number of nitrogens with one attached hydrogen (secondary N) is 1. The zero-order valence-electron chi connectivity index (χ0n) is 17.2. The van der Waals surface area contributed by atoms with E-state index in [2.05, 4.69) is 97.1 Å². The third-order valence-corrected chi connectivity index (χ3v) is 5.74. The van der Waals surface area contributed by atoms with Crippen LogP contribution in [0.4, 0.5) is 11.4 Å². The molecule has 0 aliphatic heterocycles. The molecule has 0 amide bonds. The Bertz CT molecular complexity index is 786. The predicted octanol–water partition coefficient (Wildman–Crippen LogP) is 7.00. The smallest absolute Gasteiger partial charge is 0.0417 e. The molecule has 0 fully saturated rings. The first-order chi connectivity index (χ1) is 11.4. The lowest BCUT2D eigenvalue weighted by Gasteiger charge is -2.22. The quantitative estimate of drug-likeness (QED) is 0.623. The van der Waals surface area contributed by atoms with Crippen molar-refractivity contribution in [3.63, 3.8) is 0 Å². The van der Waals surface area contributed by atoms with Gasteiger partial charge in [0.25, 0.3) is 0 Å². The van der Waals surface area contributed by atoms with Crippen molar-refractivity contribution in [3.05, 3.63) is 58.7 Å². The Hall–Kier alpha value is -1.76. The van der Waals surface area contributed by atoms with E-state index in [4.69, 9.17) is 0 Å². The van der Waals surface area contributed by atoms with Crippen molar-refractivity contribution >= 4 is 11.4 Å². The summed E-state index contributed by atoms with van der Waals surface area (Å²) in [5.41, 5.74) is 8.78. The molecular weight excluding hydrogens is 302 g/mol. The van der Waals surface area contributed by atoms with E-state index in [1.54, 1.807) is 0 Å². The molecule has 1 aliphatic carbocycles. The van der Waals surface area contributed by atoms with Gasteiger partial charge in [0.15, 0.2) is 0 Å². The third kappa shape index (κ3) is 3.34. The Kier molecular flexibility index (Phi) is 4.06. The minimum atomic E-state index is 0.192. The van der Waals surface area contributed by atoms with Crippen LogP contribution < -0.4 is 5.32 Å². The van der Waals surface area contributed by atoms with Gasteiger partial charge in [-0.05, 0) is 70.0 Å². The highest BCUT2D eigenvalue weighted by molar-refractivity contribution is 5.67.